The van der Waals surface area contributed by atoms with Crippen LogP contribution in [0.1, 0.15) is 33.6 Å². The number of rotatable bonds is 4. The molecule has 0 amide bonds. The molecule has 1 fully saturated rings. The van der Waals surface area contributed by atoms with Gasteiger partial charge in [-0.3, -0.25) is 0 Å². The average Bonchev–Trinajstić information content (AvgIpc) is 2.39. The van der Waals surface area contributed by atoms with Gasteiger partial charge in [0.2, 0.25) is 0 Å². The van der Waals surface area contributed by atoms with E-state index in [0.29, 0.717) is 0 Å². The van der Waals surface area contributed by atoms with Crippen LogP contribution in [0.3, 0.4) is 0 Å². The molecule has 1 rings (SSSR count). The minimum Gasteiger partial charge on any atom is -0.380 e. The first-order valence-electron chi connectivity index (χ1n) is 6.13. The molecular weight excluding hydrogens is 188 g/mol. The molecule has 0 unspecified atom stereocenters. The fourth-order valence-corrected chi connectivity index (χ4v) is 1.79. The Morgan fingerprint density at radius 1 is 1.20 bits per heavy atom. The van der Waals surface area contributed by atoms with Crippen LogP contribution in [0.4, 0.5) is 0 Å². The highest BCUT2D eigenvalue weighted by atomic mass is 16.5. The fourth-order valence-electron chi connectivity index (χ4n) is 1.79. The summed E-state index contributed by atoms with van der Waals surface area (Å²) in [6, 6.07) is 0. The van der Waals surface area contributed by atoms with Crippen molar-refractivity contribution < 1.29 is 4.74 Å². The van der Waals surface area contributed by atoms with Gasteiger partial charge >= 0.3 is 0 Å². The van der Waals surface area contributed by atoms with Gasteiger partial charge < -0.3 is 15.0 Å². The predicted molar refractivity (Wildman–Crippen MR) is 64.2 cm³/mol. The van der Waals surface area contributed by atoms with Crippen LogP contribution in [0, 0.1) is 0 Å². The first kappa shape index (κ1) is 12.9. The Hall–Kier alpha value is -0.120. The van der Waals surface area contributed by atoms with Crippen molar-refractivity contribution in [3.8, 4) is 0 Å². The summed E-state index contributed by atoms with van der Waals surface area (Å²) in [4.78, 5) is 2.51. The molecule has 1 saturated heterocycles. The van der Waals surface area contributed by atoms with E-state index in [1.807, 2.05) is 0 Å². The van der Waals surface area contributed by atoms with E-state index in [2.05, 4.69) is 31.0 Å². The van der Waals surface area contributed by atoms with E-state index in [9.17, 15) is 0 Å². The zero-order valence-corrected chi connectivity index (χ0v) is 10.5. The number of nitrogens with one attached hydrogen (secondary N) is 1. The summed E-state index contributed by atoms with van der Waals surface area (Å²) in [5.41, 5.74) is 0.252. The Bertz CT molecular complexity index is 157. The molecule has 1 aliphatic rings. The zero-order valence-electron chi connectivity index (χ0n) is 10.5. The molecule has 0 aromatic heterocycles. The average molecular weight is 214 g/mol. The van der Waals surface area contributed by atoms with Gasteiger partial charge in [-0.25, -0.2) is 0 Å². The van der Waals surface area contributed by atoms with E-state index in [-0.39, 0.29) is 5.54 Å². The van der Waals surface area contributed by atoms with E-state index in [1.54, 1.807) is 0 Å². The van der Waals surface area contributed by atoms with Gasteiger partial charge in [0, 0.05) is 25.2 Å². The molecule has 0 aromatic rings. The van der Waals surface area contributed by atoms with Crippen LogP contribution in [0.2, 0.25) is 0 Å². The van der Waals surface area contributed by atoms with Gasteiger partial charge in [-0.1, -0.05) is 0 Å². The van der Waals surface area contributed by atoms with Gasteiger partial charge in [0.25, 0.3) is 0 Å². The van der Waals surface area contributed by atoms with Gasteiger partial charge in [-0.2, -0.15) is 0 Å². The van der Waals surface area contributed by atoms with Crippen molar-refractivity contribution in [1.82, 2.24) is 10.2 Å². The molecule has 0 aliphatic carbocycles. The highest BCUT2D eigenvalue weighted by Gasteiger charge is 2.10. The lowest BCUT2D eigenvalue weighted by Crippen LogP contribution is -2.38. The highest BCUT2D eigenvalue weighted by Crippen LogP contribution is 2.01. The van der Waals surface area contributed by atoms with E-state index < -0.39 is 0 Å². The largest absolute Gasteiger partial charge is 0.380 e. The second-order valence-electron chi connectivity index (χ2n) is 5.34. The van der Waals surface area contributed by atoms with Gasteiger partial charge in [0.15, 0.2) is 0 Å². The van der Waals surface area contributed by atoms with Crippen molar-refractivity contribution in [3.05, 3.63) is 0 Å². The smallest absolute Gasteiger partial charge is 0.0593 e. The van der Waals surface area contributed by atoms with Crippen LogP contribution in [-0.4, -0.2) is 49.8 Å². The number of nitrogens with zero attached hydrogens (tertiary/aromatic N) is 1. The Morgan fingerprint density at radius 2 is 2.00 bits per heavy atom. The second-order valence-corrected chi connectivity index (χ2v) is 5.34. The van der Waals surface area contributed by atoms with Crippen molar-refractivity contribution in [2.24, 2.45) is 0 Å². The predicted octanol–water partition coefficient (Wildman–Crippen LogP) is 1.49. The minimum absolute atomic E-state index is 0.252. The summed E-state index contributed by atoms with van der Waals surface area (Å²) < 4.78 is 5.43. The van der Waals surface area contributed by atoms with E-state index >= 15 is 0 Å². The first-order chi connectivity index (χ1) is 7.08. The molecule has 15 heavy (non-hydrogen) atoms. The maximum absolute atomic E-state index is 5.43. The van der Waals surface area contributed by atoms with Crippen LogP contribution < -0.4 is 5.32 Å². The highest BCUT2D eigenvalue weighted by molar-refractivity contribution is 4.70. The summed E-state index contributed by atoms with van der Waals surface area (Å²) in [6.45, 7) is 13.1. The van der Waals surface area contributed by atoms with Gasteiger partial charge in [0.05, 0.1) is 6.61 Å². The van der Waals surface area contributed by atoms with Crippen LogP contribution in [0.15, 0.2) is 0 Å². The molecule has 0 radical (unpaired) electrons. The topological polar surface area (TPSA) is 24.5 Å². The number of ether oxygens (including phenoxy) is 1. The lowest BCUT2D eigenvalue weighted by molar-refractivity contribution is 0.141. The standard InChI is InChI=1S/C12H26N2O/c1-12(2,3)13-6-4-7-14-8-5-10-15-11-9-14/h13H,4-11H2,1-3H3. The Kier molecular flexibility index (Phi) is 5.58. The van der Waals surface area contributed by atoms with Crippen LogP contribution in [0.25, 0.3) is 0 Å². The van der Waals surface area contributed by atoms with Crippen molar-refractivity contribution in [1.29, 1.82) is 0 Å². The molecule has 0 saturated carbocycles. The molecule has 1 heterocycles. The molecule has 90 valence electrons. The summed E-state index contributed by atoms with van der Waals surface area (Å²) in [5, 5.41) is 3.52. The van der Waals surface area contributed by atoms with Crippen molar-refractivity contribution in [2.75, 3.05) is 39.4 Å². The van der Waals surface area contributed by atoms with Gasteiger partial charge in [0.1, 0.15) is 0 Å². The lowest BCUT2D eigenvalue weighted by atomic mass is 10.1. The lowest BCUT2D eigenvalue weighted by Gasteiger charge is -2.23. The molecule has 3 heteroatoms. The minimum atomic E-state index is 0.252. The summed E-state index contributed by atoms with van der Waals surface area (Å²) in [5.74, 6) is 0. The molecule has 0 spiro atoms. The second kappa shape index (κ2) is 6.46. The zero-order chi connectivity index (χ0) is 11.1. The summed E-state index contributed by atoms with van der Waals surface area (Å²) in [7, 11) is 0. The molecule has 1 aliphatic heterocycles. The van der Waals surface area contributed by atoms with Crippen LogP contribution in [-0.2, 0) is 4.74 Å². The monoisotopic (exact) mass is 214 g/mol. The van der Waals surface area contributed by atoms with Crippen molar-refractivity contribution >= 4 is 0 Å². The molecule has 3 nitrogen and oxygen atoms in total. The Balaban J connectivity index is 2.03. The third kappa shape index (κ3) is 6.88. The fraction of sp³-hybridized carbons (Fsp3) is 1.00. The number of hydrogen-bond donors (Lipinski definition) is 1. The van der Waals surface area contributed by atoms with E-state index in [0.717, 1.165) is 26.3 Å². The van der Waals surface area contributed by atoms with Crippen LogP contribution in [0.5, 0.6) is 0 Å². The normalized spacial score (nSPS) is 20.2. The van der Waals surface area contributed by atoms with Gasteiger partial charge in [-0.05, 0) is 46.7 Å². The third-order valence-corrected chi connectivity index (χ3v) is 2.62. The molecule has 1 N–H and O–H groups in total. The first-order valence-corrected chi connectivity index (χ1v) is 6.13. The maximum Gasteiger partial charge on any atom is 0.0593 e. The number of hydrogen-bond acceptors (Lipinski definition) is 3. The summed E-state index contributed by atoms with van der Waals surface area (Å²) in [6.07, 6.45) is 2.42. The maximum atomic E-state index is 5.43. The van der Waals surface area contributed by atoms with Crippen LogP contribution >= 0.6 is 0 Å². The molecule has 0 atom stereocenters. The summed E-state index contributed by atoms with van der Waals surface area (Å²) >= 11 is 0. The van der Waals surface area contributed by atoms with Crippen molar-refractivity contribution in [3.63, 3.8) is 0 Å². The molecule has 0 aromatic carbocycles. The van der Waals surface area contributed by atoms with Crippen molar-refractivity contribution in [2.45, 2.75) is 39.2 Å². The SMILES string of the molecule is CC(C)(C)NCCCN1CCCOCC1. The quantitative estimate of drug-likeness (QED) is 0.718. The molecule has 0 bridgehead atoms. The van der Waals surface area contributed by atoms with Gasteiger partial charge in [-0.15, -0.1) is 0 Å². The Morgan fingerprint density at radius 3 is 2.73 bits per heavy atom. The Labute approximate surface area is 94.2 Å². The van der Waals surface area contributed by atoms with E-state index in [4.69, 9.17) is 4.74 Å². The molecular formula is C12H26N2O. The third-order valence-electron chi connectivity index (χ3n) is 2.62. The van der Waals surface area contributed by atoms with E-state index in [1.165, 1.54) is 25.9 Å².